The lowest BCUT2D eigenvalue weighted by atomic mass is 10.1. The Kier molecular flexibility index (Phi) is 5.24. The molecule has 0 radical (unpaired) electrons. The van der Waals surface area contributed by atoms with Gasteiger partial charge in [0.25, 0.3) is 11.8 Å². The van der Waals surface area contributed by atoms with Crippen LogP contribution in [-0.2, 0) is 7.05 Å². The molecule has 31 heavy (non-hydrogen) atoms. The quantitative estimate of drug-likeness (QED) is 0.636. The van der Waals surface area contributed by atoms with Crippen molar-refractivity contribution >= 4 is 23.1 Å². The van der Waals surface area contributed by atoms with Crippen molar-refractivity contribution in [1.82, 2.24) is 24.1 Å². The zero-order chi connectivity index (χ0) is 22.3. The Balaban J connectivity index is 1.59. The average molecular weight is 430 g/mol. The van der Waals surface area contributed by atoms with Gasteiger partial charge < -0.3 is 9.80 Å². The van der Waals surface area contributed by atoms with E-state index in [1.807, 2.05) is 24.8 Å². The van der Waals surface area contributed by atoms with Crippen LogP contribution in [0, 0.1) is 0 Å². The Morgan fingerprint density at radius 3 is 2.52 bits per heavy atom. The van der Waals surface area contributed by atoms with E-state index in [2.05, 4.69) is 10.1 Å². The van der Waals surface area contributed by atoms with E-state index in [1.54, 1.807) is 31.4 Å². The van der Waals surface area contributed by atoms with Gasteiger partial charge in [0.2, 0.25) is 0 Å². The van der Waals surface area contributed by atoms with Crippen molar-refractivity contribution in [2.45, 2.75) is 38.7 Å². The molecule has 8 nitrogen and oxygen atoms in total. The van der Waals surface area contributed by atoms with Crippen LogP contribution in [0.5, 0.6) is 0 Å². The van der Waals surface area contributed by atoms with Crippen LogP contribution >= 0.6 is 0 Å². The fourth-order valence-corrected chi connectivity index (χ4v) is 3.79. The molecule has 1 fully saturated rings. The van der Waals surface area contributed by atoms with Gasteiger partial charge in [-0.1, -0.05) is 0 Å². The molecule has 0 N–H and O–H groups in total. The first-order chi connectivity index (χ1) is 14.7. The average Bonchev–Trinajstić information content (AvgIpc) is 3.01. The van der Waals surface area contributed by atoms with Crippen molar-refractivity contribution in [2.24, 2.45) is 7.05 Å². The number of alkyl halides is 2. The number of hydrogen-bond acceptors (Lipinski definition) is 5. The second-order valence-electron chi connectivity index (χ2n) is 8.04. The first-order valence-electron chi connectivity index (χ1n) is 10.1. The predicted molar refractivity (Wildman–Crippen MR) is 112 cm³/mol. The van der Waals surface area contributed by atoms with E-state index < -0.39 is 5.92 Å². The molecule has 10 heteroatoms. The highest BCUT2D eigenvalue weighted by Crippen LogP contribution is 2.29. The molecule has 4 heterocycles. The first-order valence-corrected chi connectivity index (χ1v) is 10.1. The molecule has 164 valence electrons. The van der Waals surface area contributed by atoms with Crippen molar-refractivity contribution in [3.8, 4) is 0 Å². The zero-order valence-electron chi connectivity index (χ0n) is 17.6. The summed E-state index contributed by atoms with van der Waals surface area (Å²) in [6.07, 6.45) is 2.51. The maximum atomic E-state index is 13.4. The molecule has 3 aromatic rings. The summed E-state index contributed by atoms with van der Waals surface area (Å²) in [4.78, 5) is 32.6. The summed E-state index contributed by atoms with van der Waals surface area (Å²) in [7, 11) is 1.59. The zero-order valence-corrected chi connectivity index (χ0v) is 17.6. The maximum Gasteiger partial charge on any atom is 0.350 e. The van der Waals surface area contributed by atoms with Crippen LogP contribution in [0.4, 0.5) is 20.3 Å². The number of aromatic nitrogens is 4. The van der Waals surface area contributed by atoms with Gasteiger partial charge in [-0.15, -0.1) is 0 Å². The molecule has 0 unspecified atom stereocenters. The summed E-state index contributed by atoms with van der Waals surface area (Å²) in [6, 6.07) is 7.05. The molecule has 0 aromatic carbocycles. The van der Waals surface area contributed by atoms with Crippen LogP contribution in [-0.4, -0.2) is 55.0 Å². The fraction of sp³-hybridized carbons (Fsp3) is 0.429. The minimum atomic E-state index is -2.70. The summed E-state index contributed by atoms with van der Waals surface area (Å²) < 4.78 is 29.5. The van der Waals surface area contributed by atoms with Crippen LogP contribution in [0.15, 0.2) is 41.5 Å². The van der Waals surface area contributed by atoms with E-state index in [0.29, 0.717) is 17.0 Å². The molecule has 4 rings (SSSR count). The number of pyridine rings is 2. The van der Waals surface area contributed by atoms with Gasteiger partial charge in [0.15, 0.2) is 5.65 Å². The standard InChI is InChI=1S/C21H24F2N6O2/c1-14(2)29(16-6-9-28-18(12-16)25-26(3)20(28)31)17-5-4-15(13-24-17)19(30)27-10-7-21(22,23)8-11-27/h4-6,9,12-14H,7-8,10-11H2,1-3H3. The molecular formula is C21H24F2N6O2. The molecule has 0 spiro atoms. The van der Waals surface area contributed by atoms with E-state index >= 15 is 0 Å². The molecule has 1 saturated heterocycles. The van der Waals surface area contributed by atoms with Crippen molar-refractivity contribution in [3.05, 3.63) is 52.7 Å². The third-order valence-corrected chi connectivity index (χ3v) is 5.47. The molecule has 0 aliphatic carbocycles. The number of rotatable bonds is 4. The molecule has 0 atom stereocenters. The molecule has 1 aliphatic rings. The number of likely N-dealkylation sites (tertiary alicyclic amines) is 1. The van der Waals surface area contributed by atoms with Crippen molar-refractivity contribution in [1.29, 1.82) is 0 Å². The number of fused-ring (bicyclic) bond motifs is 1. The van der Waals surface area contributed by atoms with Gasteiger partial charge in [0.1, 0.15) is 5.82 Å². The topological polar surface area (TPSA) is 75.7 Å². The van der Waals surface area contributed by atoms with Crippen LogP contribution < -0.4 is 10.6 Å². The van der Waals surface area contributed by atoms with Gasteiger partial charge in [-0.2, -0.15) is 5.10 Å². The van der Waals surface area contributed by atoms with Crippen LogP contribution in [0.2, 0.25) is 0 Å². The normalized spacial score (nSPS) is 16.1. The number of carbonyl (C=O) groups is 1. The summed E-state index contributed by atoms with van der Waals surface area (Å²) in [5.74, 6) is -2.37. The summed E-state index contributed by atoms with van der Waals surface area (Å²) in [5.41, 5.74) is 1.46. The lowest BCUT2D eigenvalue weighted by Gasteiger charge is -2.32. The fourth-order valence-electron chi connectivity index (χ4n) is 3.79. The van der Waals surface area contributed by atoms with Gasteiger partial charge >= 0.3 is 5.69 Å². The number of halogens is 2. The predicted octanol–water partition coefficient (Wildman–Crippen LogP) is 2.85. The van der Waals surface area contributed by atoms with Crippen molar-refractivity contribution in [3.63, 3.8) is 0 Å². The number of anilines is 2. The van der Waals surface area contributed by atoms with Gasteiger partial charge in [0.05, 0.1) is 5.56 Å². The van der Waals surface area contributed by atoms with Crippen molar-refractivity contribution < 1.29 is 13.6 Å². The van der Waals surface area contributed by atoms with Gasteiger partial charge in [-0.3, -0.25) is 9.20 Å². The second kappa shape index (κ2) is 7.75. The highest BCUT2D eigenvalue weighted by molar-refractivity contribution is 5.94. The highest BCUT2D eigenvalue weighted by Gasteiger charge is 2.35. The van der Waals surface area contributed by atoms with Gasteiger partial charge in [0, 0.05) is 63.2 Å². The number of nitrogens with zero attached hydrogens (tertiary/aromatic N) is 6. The summed E-state index contributed by atoms with van der Waals surface area (Å²) >= 11 is 0. The van der Waals surface area contributed by atoms with E-state index in [9.17, 15) is 18.4 Å². The SMILES string of the molecule is CC(C)N(c1ccn2c(=O)n(C)nc2c1)c1ccc(C(=O)N2CCC(F)(F)CC2)cn1. The summed E-state index contributed by atoms with van der Waals surface area (Å²) in [6.45, 7) is 4.08. The van der Waals surface area contributed by atoms with Crippen LogP contribution in [0.3, 0.4) is 0 Å². The van der Waals surface area contributed by atoms with E-state index in [-0.39, 0.29) is 43.6 Å². The number of amides is 1. The minimum absolute atomic E-state index is 0.0369. The first kappa shape index (κ1) is 21.0. The second-order valence-corrected chi connectivity index (χ2v) is 8.04. The Morgan fingerprint density at radius 2 is 1.90 bits per heavy atom. The van der Waals surface area contributed by atoms with Gasteiger partial charge in [-0.25, -0.2) is 23.2 Å². The monoisotopic (exact) mass is 430 g/mol. The molecule has 3 aromatic heterocycles. The molecule has 1 aliphatic heterocycles. The minimum Gasteiger partial charge on any atom is -0.338 e. The molecule has 0 saturated carbocycles. The van der Waals surface area contributed by atoms with Gasteiger partial charge in [-0.05, 0) is 32.0 Å². The third-order valence-electron chi connectivity index (χ3n) is 5.47. The number of aryl methyl sites for hydroxylation is 1. The third kappa shape index (κ3) is 4.01. The lowest BCUT2D eigenvalue weighted by Crippen LogP contribution is -2.42. The Labute approximate surface area is 177 Å². The number of carbonyl (C=O) groups excluding carboxylic acids is 1. The Hall–Kier alpha value is -3.30. The molecule has 1 amide bonds. The number of piperidine rings is 1. The number of hydrogen-bond donors (Lipinski definition) is 0. The lowest BCUT2D eigenvalue weighted by molar-refractivity contribution is -0.0494. The largest absolute Gasteiger partial charge is 0.350 e. The molecular weight excluding hydrogens is 406 g/mol. The highest BCUT2D eigenvalue weighted by atomic mass is 19.3. The van der Waals surface area contributed by atoms with E-state index in [1.165, 1.54) is 20.2 Å². The Bertz CT molecular complexity index is 1160. The summed E-state index contributed by atoms with van der Waals surface area (Å²) in [5, 5.41) is 4.22. The Morgan fingerprint density at radius 1 is 1.19 bits per heavy atom. The van der Waals surface area contributed by atoms with Crippen LogP contribution in [0.1, 0.15) is 37.0 Å². The van der Waals surface area contributed by atoms with Crippen LogP contribution in [0.25, 0.3) is 5.65 Å². The van der Waals surface area contributed by atoms with Crippen molar-refractivity contribution in [2.75, 3.05) is 18.0 Å². The van der Waals surface area contributed by atoms with E-state index in [4.69, 9.17) is 0 Å². The maximum absolute atomic E-state index is 13.4. The van der Waals surface area contributed by atoms with E-state index in [0.717, 1.165) is 5.69 Å². The smallest absolute Gasteiger partial charge is 0.338 e. The molecule has 0 bridgehead atoms.